The number of carbonyl (C=O) groups is 1. The SMILES string of the molecule is N[C@@H]1CN(C(=O)c2cccc([N+](=O)[O-])c2)CC(F)(F)C1. The number of alkyl halides is 2. The summed E-state index contributed by atoms with van der Waals surface area (Å²) in [5.41, 5.74) is 5.26. The number of nitro groups is 1. The van der Waals surface area contributed by atoms with Crippen molar-refractivity contribution in [3.8, 4) is 0 Å². The lowest BCUT2D eigenvalue weighted by molar-refractivity contribution is -0.384. The van der Waals surface area contributed by atoms with Crippen LogP contribution in [0.2, 0.25) is 0 Å². The van der Waals surface area contributed by atoms with E-state index in [0.717, 1.165) is 11.0 Å². The molecule has 1 heterocycles. The molecule has 0 radical (unpaired) electrons. The number of hydrogen-bond donors (Lipinski definition) is 1. The predicted molar refractivity (Wildman–Crippen MR) is 66.5 cm³/mol. The van der Waals surface area contributed by atoms with Crippen molar-refractivity contribution < 1.29 is 18.5 Å². The molecule has 8 heteroatoms. The molecule has 1 fully saturated rings. The van der Waals surface area contributed by atoms with Crippen molar-refractivity contribution in [3.05, 3.63) is 39.9 Å². The Morgan fingerprint density at radius 3 is 2.80 bits per heavy atom. The van der Waals surface area contributed by atoms with E-state index < -0.39 is 35.8 Å². The molecule has 0 bridgehead atoms. The van der Waals surface area contributed by atoms with E-state index in [2.05, 4.69) is 0 Å². The quantitative estimate of drug-likeness (QED) is 0.657. The second kappa shape index (κ2) is 5.12. The van der Waals surface area contributed by atoms with Gasteiger partial charge >= 0.3 is 0 Å². The molecule has 0 spiro atoms. The van der Waals surface area contributed by atoms with Crippen LogP contribution in [0.4, 0.5) is 14.5 Å². The molecule has 1 aliphatic rings. The molecule has 0 aliphatic carbocycles. The first-order chi connectivity index (χ1) is 9.28. The molecule has 1 amide bonds. The number of carbonyl (C=O) groups excluding carboxylic acids is 1. The summed E-state index contributed by atoms with van der Waals surface area (Å²) in [5, 5.41) is 10.6. The zero-order chi connectivity index (χ0) is 14.9. The van der Waals surface area contributed by atoms with E-state index in [-0.39, 0.29) is 17.8 Å². The van der Waals surface area contributed by atoms with Crippen LogP contribution in [0.3, 0.4) is 0 Å². The van der Waals surface area contributed by atoms with Gasteiger partial charge in [0.2, 0.25) is 0 Å². The van der Waals surface area contributed by atoms with Crippen molar-refractivity contribution in [2.24, 2.45) is 5.73 Å². The summed E-state index contributed by atoms with van der Waals surface area (Å²) in [4.78, 5) is 23.1. The Hall–Kier alpha value is -2.09. The minimum Gasteiger partial charge on any atom is -0.331 e. The molecule has 0 unspecified atom stereocenters. The monoisotopic (exact) mass is 285 g/mol. The summed E-state index contributed by atoms with van der Waals surface area (Å²) in [6.45, 7) is -0.709. The maximum atomic E-state index is 13.4. The normalized spacial score (nSPS) is 21.6. The number of nitrogens with zero attached hydrogens (tertiary/aromatic N) is 2. The summed E-state index contributed by atoms with van der Waals surface area (Å²) in [6, 6.07) is 4.19. The second-order valence-electron chi connectivity index (χ2n) is 4.81. The molecule has 1 atom stereocenters. The minimum absolute atomic E-state index is 0.00380. The molecule has 0 saturated carbocycles. The fourth-order valence-corrected chi connectivity index (χ4v) is 2.23. The molecule has 2 rings (SSSR count). The molecule has 108 valence electrons. The van der Waals surface area contributed by atoms with Crippen LogP contribution < -0.4 is 5.73 Å². The van der Waals surface area contributed by atoms with Crippen molar-refractivity contribution in [1.29, 1.82) is 0 Å². The third-order valence-electron chi connectivity index (χ3n) is 3.03. The maximum Gasteiger partial charge on any atom is 0.270 e. The van der Waals surface area contributed by atoms with Gasteiger partial charge in [0.05, 0.1) is 11.5 Å². The van der Waals surface area contributed by atoms with Gasteiger partial charge in [0, 0.05) is 36.7 Å². The molecule has 1 aliphatic heterocycles. The van der Waals surface area contributed by atoms with Gasteiger partial charge in [0.1, 0.15) is 0 Å². The number of hydrogen-bond acceptors (Lipinski definition) is 4. The van der Waals surface area contributed by atoms with Gasteiger partial charge in [-0.05, 0) is 6.07 Å². The second-order valence-corrected chi connectivity index (χ2v) is 4.81. The number of halogens is 2. The number of benzene rings is 1. The van der Waals surface area contributed by atoms with Gasteiger partial charge in [-0.3, -0.25) is 14.9 Å². The zero-order valence-corrected chi connectivity index (χ0v) is 10.5. The van der Waals surface area contributed by atoms with Gasteiger partial charge in [-0.25, -0.2) is 8.78 Å². The van der Waals surface area contributed by atoms with Gasteiger partial charge in [-0.2, -0.15) is 0 Å². The third-order valence-corrected chi connectivity index (χ3v) is 3.03. The lowest BCUT2D eigenvalue weighted by atomic mass is 10.0. The smallest absolute Gasteiger partial charge is 0.270 e. The highest BCUT2D eigenvalue weighted by atomic mass is 19.3. The van der Waals surface area contributed by atoms with Crippen molar-refractivity contribution in [2.75, 3.05) is 13.1 Å². The number of rotatable bonds is 2. The number of piperidine rings is 1. The molecular weight excluding hydrogens is 272 g/mol. The van der Waals surface area contributed by atoms with Crippen LogP contribution in [0.25, 0.3) is 0 Å². The van der Waals surface area contributed by atoms with Crippen molar-refractivity contribution in [1.82, 2.24) is 4.90 Å². The van der Waals surface area contributed by atoms with E-state index in [1.54, 1.807) is 0 Å². The molecule has 6 nitrogen and oxygen atoms in total. The Kier molecular flexibility index (Phi) is 3.67. The summed E-state index contributed by atoms with van der Waals surface area (Å²) in [5.74, 6) is -3.71. The lowest BCUT2D eigenvalue weighted by Gasteiger charge is -2.36. The van der Waals surface area contributed by atoms with E-state index >= 15 is 0 Å². The number of non-ortho nitro benzene ring substituents is 1. The zero-order valence-electron chi connectivity index (χ0n) is 10.5. The Labute approximate surface area is 113 Å². The molecule has 0 aromatic heterocycles. The van der Waals surface area contributed by atoms with Crippen LogP contribution in [-0.2, 0) is 0 Å². The first-order valence-corrected chi connectivity index (χ1v) is 5.96. The Morgan fingerprint density at radius 1 is 1.50 bits per heavy atom. The highest BCUT2D eigenvalue weighted by molar-refractivity contribution is 5.95. The fourth-order valence-electron chi connectivity index (χ4n) is 2.23. The first-order valence-electron chi connectivity index (χ1n) is 5.96. The van der Waals surface area contributed by atoms with E-state index in [1.165, 1.54) is 18.2 Å². The number of amides is 1. The van der Waals surface area contributed by atoms with Crippen LogP contribution in [0.1, 0.15) is 16.8 Å². The van der Waals surface area contributed by atoms with Crippen molar-refractivity contribution in [3.63, 3.8) is 0 Å². The maximum absolute atomic E-state index is 13.4. The topological polar surface area (TPSA) is 89.5 Å². The van der Waals surface area contributed by atoms with Gasteiger partial charge in [-0.1, -0.05) is 6.07 Å². The van der Waals surface area contributed by atoms with Gasteiger partial charge in [0.25, 0.3) is 17.5 Å². The Morgan fingerprint density at radius 2 is 2.20 bits per heavy atom. The minimum atomic E-state index is -3.03. The van der Waals surface area contributed by atoms with Gasteiger partial charge in [-0.15, -0.1) is 0 Å². The van der Waals surface area contributed by atoms with Gasteiger partial charge in [0.15, 0.2) is 0 Å². The van der Waals surface area contributed by atoms with Crippen molar-refractivity contribution in [2.45, 2.75) is 18.4 Å². The third kappa shape index (κ3) is 3.08. The molecule has 1 aromatic rings. The van der Waals surface area contributed by atoms with Crippen molar-refractivity contribution >= 4 is 11.6 Å². The van der Waals surface area contributed by atoms with Crippen LogP contribution in [0.5, 0.6) is 0 Å². The summed E-state index contributed by atoms with van der Waals surface area (Å²) < 4.78 is 26.8. The summed E-state index contributed by atoms with van der Waals surface area (Å²) >= 11 is 0. The number of likely N-dealkylation sites (tertiary alicyclic amines) is 1. The Bertz CT molecular complexity index is 551. The van der Waals surface area contributed by atoms with Crippen LogP contribution in [-0.4, -0.2) is 40.8 Å². The van der Waals surface area contributed by atoms with Crippen LogP contribution in [0, 0.1) is 10.1 Å². The predicted octanol–water partition coefficient (Wildman–Crippen LogP) is 1.40. The Balaban J connectivity index is 2.22. The first kappa shape index (κ1) is 14.3. The number of nitro benzene ring substituents is 1. The highest BCUT2D eigenvalue weighted by Gasteiger charge is 2.41. The van der Waals surface area contributed by atoms with E-state index in [0.29, 0.717) is 0 Å². The molecule has 20 heavy (non-hydrogen) atoms. The van der Waals surface area contributed by atoms with Crippen LogP contribution >= 0.6 is 0 Å². The number of nitrogens with two attached hydrogens (primary N) is 1. The average molecular weight is 285 g/mol. The average Bonchev–Trinajstić information content (AvgIpc) is 2.35. The standard InChI is InChI=1S/C12H13F2N3O3/c13-12(14)5-9(15)6-16(7-12)11(18)8-2-1-3-10(4-8)17(19)20/h1-4,9H,5-7,15H2/t9-/m0/s1. The fraction of sp³-hybridized carbons (Fsp3) is 0.417. The molecule has 2 N–H and O–H groups in total. The van der Waals surface area contributed by atoms with Gasteiger partial charge < -0.3 is 10.6 Å². The molecule has 1 aromatic carbocycles. The van der Waals surface area contributed by atoms with E-state index in [9.17, 15) is 23.7 Å². The van der Waals surface area contributed by atoms with E-state index in [4.69, 9.17) is 5.73 Å². The lowest BCUT2D eigenvalue weighted by Crippen LogP contribution is -2.54. The largest absolute Gasteiger partial charge is 0.331 e. The molecular formula is C12H13F2N3O3. The van der Waals surface area contributed by atoms with E-state index in [1.807, 2.05) is 0 Å². The van der Waals surface area contributed by atoms with Crippen LogP contribution in [0.15, 0.2) is 24.3 Å². The molecule has 1 saturated heterocycles. The summed E-state index contributed by atoms with van der Waals surface area (Å²) in [6.07, 6.45) is -0.467. The summed E-state index contributed by atoms with van der Waals surface area (Å²) in [7, 11) is 0. The highest BCUT2D eigenvalue weighted by Crippen LogP contribution is 2.27.